The van der Waals surface area contributed by atoms with Gasteiger partial charge < -0.3 is 0 Å². The van der Waals surface area contributed by atoms with Crippen molar-refractivity contribution in [2.45, 2.75) is 18.5 Å². The fourth-order valence-corrected chi connectivity index (χ4v) is 3.02. The summed E-state index contributed by atoms with van der Waals surface area (Å²) < 4.78 is 13.1. The summed E-state index contributed by atoms with van der Waals surface area (Å²) >= 11 is 0. The third-order valence-corrected chi connectivity index (χ3v) is 4.29. The van der Waals surface area contributed by atoms with E-state index in [1.54, 1.807) is 12.1 Å². The monoisotopic (exact) mass is 270 g/mol. The fourth-order valence-electron chi connectivity index (χ4n) is 3.02. The van der Waals surface area contributed by atoms with Crippen molar-refractivity contribution in [1.29, 1.82) is 0 Å². The first-order chi connectivity index (χ1) is 9.66. The molecule has 104 valence electrons. The van der Waals surface area contributed by atoms with Crippen LogP contribution in [-0.2, 0) is 0 Å². The standard InChI is InChI=1S/C17H19FN2/c1-19-16(13-6-4-3-5-7-13)12-17(20(19)2)14-8-10-15(18)11-9-14/h3-11,16-17H,12H2,1-2H3/t16-,17+/m0/s1. The topological polar surface area (TPSA) is 6.48 Å². The lowest BCUT2D eigenvalue weighted by Crippen LogP contribution is -2.32. The summed E-state index contributed by atoms with van der Waals surface area (Å²) in [5.41, 5.74) is 2.49. The van der Waals surface area contributed by atoms with Crippen molar-refractivity contribution >= 4 is 0 Å². The quantitative estimate of drug-likeness (QED) is 0.819. The Labute approximate surface area is 119 Å². The Morgan fingerprint density at radius 1 is 0.800 bits per heavy atom. The van der Waals surface area contributed by atoms with Crippen molar-refractivity contribution < 1.29 is 4.39 Å². The molecule has 3 heteroatoms. The van der Waals surface area contributed by atoms with Crippen molar-refractivity contribution in [3.63, 3.8) is 0 Å². The minimum atomic E-state index is -0.178. The van der Waals surface area contributed by atoms with Gasteiger partial charge in [-0.3, -0.25) is 0 Å². The lowest BCUT2D eigenvalue weighted by Gasteiger charge is -2.28. The average Bonchev–Trinajstić information content (AvgIpc) is 2.77. The van der Waals surface area contributed by atoms with Gasteiger partial charge in [-0.05, 0) is 29.7 Å². The fraction of sp³-hybridized carbons (Fsp3) is 0.294. The molecule has 1 aliphatic heterocycles. The first kappa shape index (κ1) is 13.3. The molecule has 0 amide bonds. The van der Waals surface area contributed by atoms with Crippen molar-refractivity contribution in [3.05, 3.63) is 71.5 Å². The second-order valence-corrected chi connectivity index (χ2v) is 5.38. The number of halogens is 1. The molecule has 0 radical (unpaired) electrons. The molecule has 2 atom stereocenters. The van der Waals surface area contributed by atoms with E-state index in [1.807, 2.05) is 18.2 Å². The van der Waals surface area contributed by atoms with Crippen LogP contribution in [0.5, 0.6) is 0 Å². The Morgan fingerprint density at radius 3 is 1.85 bits per heavy atom. The third kappa shape index (κ3) is 2.35. The molecule has 0 spiro atoms. The number of rotatable bonds is 2. The maximum atomic E-state index is 13.1. The number of nitrogens with zero attached hydrogens (tertiary/aromatic N) is 2. The number of benzene rings is 2. The maximum Gasteiger partial charge on any atom is 0.123 e. The van der Waals surface area contributed by atoms with Crippen LogP contribution in [0.15, 0.2) is 54.6 Å². The Kier molecular flexibility index (Phi) is 3.55. The molecule has 0 saturated carbocycles. The summed E-state index contributed by atoms with van der Waals surface area (Å²) in [6.07, 6.45) is 1.02. The van der Waals surface area contributed by atoms with E-state index in [4.69, 9.17) is 0 Å². The molecule has 0 N–H and O–H groups in total. The molecular weight excluding hydrogens is 251 g/mol. The summed E-state index contributed by atoms with van der Waals surface area (Å²) in [7, 11) is 4.21. The molecule has 0 aromatic heterocycles. The highest BCUT2D eigenvalue weighted by Gasteiger charge is 2.36. The molecule has 1 saturated heterocycles. The van der Waals surface area contributed by atoms with Crippen LogP contribution in [0.2, 0.25) is 0 Å². The van der Waals surface area contributed by atoms with E-state index in [2.05, 4.69) is 48.4 Å². The van der Waals surface area contributed by atoms with Gasteiger partial charge in [0.05, 0.1) is 12.1 Å². The minimum absolute atomic E-state index is 0.178. The molecule has 3 rings (SSSR count). The summed E-state index contributed by atoms with van der Waals surface area (Å²) in [6.45, 7) is 0. The molecular formula is C17H19FN2. The van der Waals surface area contributed by atoms with Crippen LogP contribution in [0.25, 0.3) is 0 Å². The number of hydrogen-bond donors (Lipinski definition) is 0. The molecule has 0 aliphatic carbocycles. The van der Waals surface area contributed by atoms with Gasteiger partial charge in [0.25, 0.3) is 0 Å². The van der Waals surface area contributed by atoms with E-state index in [9.17, 15) is 4.39 Å². The third-order valence-electron chi connectivity index (χ3n) is 4.29. The van der Waals surface area contributed by atoms with Crippen LogP contribution in [-0.4, -0.2) is 24.1 Å². The predicted octanol–water partition coefficient (Wildman–Crippen LogP) is 3.79. The highest BCUT2D eigenvalue weighted by molar-refractivity contribution is 5.25. The van der Waals surface area contributed by atoms with Crippen molar-refractivity contribution in [2.75, 3.05) is 14.1 Å². The summed E-state index contributed by atoms with van der Waals surface area (Å²) in [5, 5.41) is 4.51. The Bertz CT molecular complexity index is 567. The Balaban J connectivity index is 1.87. The van der Waals surface area contributed by atoms with E-state index >= 15 is 0 Å². The van der Waals surface area contributed by atoms with Crippen LogP contribution in [0, 0.1) is 5.82 Å². The second kappa shape index (κ2) is 5.35. The van der Waals surface area contributed by atoms with Crippen LogP contribution in [0.3, 0.4) is 0 Å². The number of hydrazine groups is 1. The Morgan fingerprint density at radius 2 is 1.30 bits per heavy atom. The summed E-state index contributed by atoms with van der Waals surface area (Å²) in [4.78, 5) is 0. The van der Waals surface area contributed by atoms with E-state index in [-0.39, 0.29) is 5.82 Å². The van der Waals surface area contributed by atoms with Gasteiger partial charge >= 0.3 is 0 Å². The zero-order valence-electron chi connectivity index (χ0n) is 11.8. The minimum Gasteiger partial charge on any atom is -0.237 e. The SMILES string of the molecule is CN1[C@@H](c2ccc(F)cc2)C[C@@H](c2ccccc2)N1C. The van der Waals surface area contributed by atoms with Gasteiger partial charge in [-0.15, -0.1) is 0 Å². The van der Waals surface area contributed by atoms with Gasteiger partial charge in [0.2, 0.25) is 0 Å². The molecule has 2 aromatic carbocycles. The summed E-state index contributed by atoms with van der Waals surface area (Å²) in [5.74, 6) is -0.178. The van der Waals surface area contributed by atoms with Crippen LogP contribution < -0.4 is 0 Å². The van der Waals surface area contributed by atoms with Crippen LogP contribution in [0.1, 0.15) is 29.6 Å². The van der Waals surface area contributed by atoms with E-state index in [1.165, 1.54) is 11.1 Å². The molecule has 2 aromatic rings. The van der Waals surface area contributed by atoms with E-state index in [0.717, 1.165) is 6.42 Å². The molecule has 0 bridgehead atoms. The van der Waals surface area contributed by atoms with Crippen LogP contribution in [0.4, 0.5) is 4.39 Å². The molecule has 2 nitrogen and oxygen atoms in total. The van der Waals surface area contributed by atoms with Gasteiger partial charge in [-0.25, -0.2) is 14.4 Å². The maximum absolute atomic E-state index is 13.1. The van der Waals surface area contributed by atoms with Crippen LogP contribution >= 0.6 is 0 Å². The lowest BCUT2D eigenvalue weighted by atomic mass is 9.97. The van der Waals surface area contributed by atoms with Gasteiger partial charge in [0.1, 0.15) is 5.82 Å². The van der Waals surface area contributed by atoms with Gasteiger partial charge in [-0.2, -0.15) is 0 Å². The normalized spacial score (nSPS) is 24.1. The van der Waals surface area contributed by atoms with Crippen molar-refractivity contribution in [3.8, 4) is 0 Å². The zero-order valence-corrected chi connectivity index (χ0v) is 11.8. The van der Waals surface area contributed by atoms with E-state index in [0.29, 0.717) is 12.1 Å². The van der Waals surface area contributed by atoms with Gasteiger partial charge in [0, 0.05) is 14.1 Å². The van der Waals surface area contributed by atoms with Crippen molar-refractivity contribution in [1.82, 2.24) is 10.0 Å². The van der Waals surface area contributed by atoms with Gasteiger partial charge in [0.15, 0.2) is 0 Å². The molecule has 20 heavy (non-hydrogen) atoms. The molecule has 1 fully saturated rings. The molecule has 0 unspecified atom stereocenters. The summed E-state index contributed by atoms with van der Waals surface area (Å²) in [6, 6.07) is 18.1. The molecule has 1 heterocycles. The second-order valence-electron chi connectivity index (χ2n) is 5.38. The predicted molar refractivity (Wildman–Crippen MR) is 78.5 cm³/mol. The average molecular weight is 270 g/mol. The molecule has 1 aliphatic rings. The zero-order chi connectivity index (χ0) is 14.1. The lowest BCUT2D eigenvalue weighted by molar-refractivity contribution is 0.0252. The smallest absolute Gasteiger partial charge is 0.123 e. The van der Waals surface area contributed by atoms with Gasteiger partial charge in [-0.1, -0.05) is 42.5 Å². The first-order valence-electron chi connectivity index (χ1n) is 6.93. The first-order valence-corrected chi connectivity index (χ1v) is 6.93. The largest absolute Gasteiger partial charge is 0.237 e. The number of hydrogen-bond acceptors (Lipinski definition) is 2. The highest BCUT2D eigenvalue weighted by atomic mass is 19.1. The Hall–Kier alpha value is -1.71. The highest BCUT2D eigenvalue weighted by Crippen LogP contribution is 2.41. The van der Waals surface area contributed by atoms with E-state index < -0.39 is 0 Å². The van der Waals surface area contributed by atoms with Crippen molar-refractivity contribution in [2.24, 2.45) is 0 Å².